The molecule has 0 N–H and O–H groups in total. The normalized spacial score (nSPS) is 15.1. The van der Waals surface area contributed by atoms with E-state index in [1.807, 2.05) is 6.92 Å². The Labute approximate surface area is 89.3 Å². The standard InChI is InChI=1S/C11H15ClFN/c1-3-9(10(12)4-2)11-6-5-8(13)7-14-11/h5-7,9-10H,3-4H2,1-2H3. The van der Waals surface area contributed by atoms with Gasteiger partial charge in [-0.2, -0.15) is 0 Å². The zero-order chi connectivity index (χ0) is 10.6. The van der Waals surface area contributed by atoms with Crippen LogP contribution < -0.4 is 0 Å². The van der Waals surface area contributed by atoms with Crippen molar-refractivity contribution in [2.75, 3.05) is 0 Å². The highest BCUT2D eigenvalue weighted by atomic mass is 35.5. The molecular weight excluding hydrogens is 201 g/mol. The predicted octanol–water partition coefficient (Wildman–Crippen LogP) is 3.73. The first kappa shape index (κ1) is 11.4. The molecule has 0 aromatic carbocycles. The molecule has 0 bridgehead atoms. The van der Waals surface area contributed by atoms with Gasteiger partial charge in [-0.15, -0.1) is 11.6 Å². The lowest BCUT2D eigenvalue weighted by Crippen LogP contribution is -2.12. The molecule has 78 valence electrons. The van der Waals surface area contributed by atoms with E-state index >= 15 is 0 Å². The Morgan fingerprint density at radius 2 is 2.07 bits per heavy atom. The largest absolute Gasteiger partial charge is 0.258 e. The molecule has 0 saturated heterocycles. The van der Waals surface area contributed by atoms with Crippen molar-refractivity contribution in [2.45, 2.75) is 38.0 Å². The molecule has 1 aromatic rings. The van der Waals surface area contributed by atoms with Gasteiger partial charge in [-0.05, 0) is 25.0 Å². The van der Waals surface area contributed by atoms with Crippen molar-refractivity contribution in [1.29, 1.82) is 0 Å². The predicted molar refractivity (Wildman–Crippen MR) is 57.2 cm³/mol. The fraction of sp³-hybridized carbons (Fsp3) is 0.545. The third-order valence-corrected chi connectivity index (χ3v) is 3.01. The summed E-state index contributed by atoms with van der Waals surface area (Å²) in [6.07, 6.45) is 3.08. The summed E-state index contributed by atoms with van der Waals surface area (Å²) in [6.45, 7) is 4.12. The zero-order valence-corrected chi connectivity index (χ0v) is 9.26. The van der Waals surface area contributed by atoms with Crippen molar-refractivity contribution in [3.8, 4) is 0 Å². The minimum Gasteiger partial charge on any atom is -0.258 e. The summed E-state index contributed by atoms with van der Waals surface area (Å²) in [6, 6.07) is 3.15. The summed E-state index contributed by atoms with van der Waals surface area (Å²) < 4.78 is 12.6. The van der Waals surface area contributed by atoms with Gasteiger partial charge < -0.3 is 0 Å². The molecule has 2 atom stereocenters. The first-order valence-corrected chi connectivity index (χ1v) is 5.38. The summed E-state index contributed by atoms with van der Waals surface area (Å²) in [5, 5.41) is 0.0814. The third kappa shape index (κ3) is 2.68. The fourth-order valence-corrected chi connectivity index (χ4v) is 1.85. The van der Waals surface area contributed by atoms with Crippen LogP contribution in [-0.4, -0.2) is 10.4 Å². The summed E-state index contributed by atoms with van der Waals surface area (Å²) in [5.41, 5.74) is 0.885. The van der Waals surface area contributed by atoms with Crippen molar-refractivity contribution in [2.24, 2.45) is 0 Å². The number of halogens is 2. The number of pyridine rings is 1. The molecule has 3 heteroatoms. The van der Waals surface area contributed by atoms with Crippen LogP contribution in [0.1, 0.15) is 38.3 Å². The monoisotopic (exact) mass is 215 g/mol. The molecule has 0 fully saturated rings. The molecule has 1 nitrogen and oxygen atoms in total. The van der Waals surface area contributed by atoms with E-state index in [1.54, 1.807) is 6.07 Å². The van der Waals surface area contributed by atoms with Crippen molar-refractivity contribution in [1.82, 2.24) is 4.98 Å². The Balaban J connectivity index is 2.84. The molecule has 1 heterocycles. The molecule has 0 amide bonds. The van der Waals surface area contributed by atoms with Crippen LogP contribution in [0.15, 0.2) is 18.3 Å². The van der Waals surface area contributed by atoms with Crippen LogP contribution in [0.25, 0.3) is 0 Å². The summed E-state index contributed by atoms with van der Waals surface area (Å²) in [4.78, 5) is 4.06. The SMILES string of the molecule is CCC(Cl)C(CC)c1ccc(F)cn1. The molecule has 1 rings (SSSR count). The molecule has 0 spiro atoms. The summed E-state index contributed by atoms with van der Waals surface area (Å²) in [5.74, 6) is -0.0755. The lowest BCUT2D eigenvalue weighted by Gasteiger charge is -2.18. The van der Waals surface area contributed by atoms with Gasteiger partial charge in [0.2, 0.25) is 0 Å². The van der Waals surface area contributed by atoms with Gasteiger partial charge in [0.15, 0.2) is 0 Å². The Kier molecular flexibility index (Phi) is 4.33. The Bertz CT molecular complexity index is 273. The van der Waals surface area contributed by atoms with E-state index in [-0.39, 0.29) is 17.1 Å². The quantitative estimate of drug-likeness (QED) is 0.698. The van der Waals surface area contributed by atoms with Gasteiger partial charge in [-0.25, -0.2) is 4.39 Å². The zero-order valence-electron chi connectivity index (χ0n) is 8.50. The fourth-order valence-electron chi connectivity index (χ4n) is 1.54. The van der Waals surface area contributed by atoms with E-state index in [9.17, 15) is 4.39 Å². The number of alkyl halides is 1. The van der Waals surface area contributed by atoms with Gasteiger partial charge in [-0.3, -0.25) is 4.98 Å². The van der Waals surface area contributed by atoms with Crippen molar-refractivity contribution < 1.29 is 4.39 Å². The molecule has 0 aliphatic heterocycles. The summed E-state index contributed by atoms with van der Waals surface area (Å²) >= 11 is 6.17. The van der Waals surface area contributed by atoms with Crippen LogP contribution >= 0.6 is 11.6 Å². The third-order valence-electron chi connectivity index (χ3n) is 2.40. The van der Waals surface area contributed by atoms with E-state index < -0.39 is 0 Å². The van der Waals surface area contributed by atoms with Crippen LogP contribution in [0.3, 0.4) is 0 Å². The number of hydrogen-bond donors (Lipinski definition) is 0. The molecule has 0 radical (unpaired) electrons. The first-order chi connectivity index (χ1) is 6.69. The van der Waals surface area contributed by atoms with E-state index in [0.29, 0.717) is 0 Å². The number of hydrogen-bond acceptors (Lipinski definition) is 1. The summed E-state index contributed by atoms with van der Waals surface area (Å²) in [7, 11) is 0. The maximum Gasteiger partial charge on any atom is 0.141 e. The Morgan fingerprint density at radius 1 is 1.36 bits per heavy atom. The molecule has 1 aromatic heterocycles. The van der Waals surface area contributed by atoms with Crippen molar-refractivity contribution in [3.63, 3.8) is 0 Å². The number of rotatable bonds is 4. The average molecular weight is 216 g/mol. The second-order valence-corrected chi connectivity index (χ2v) is 3.90. The Hall–Kier alpha value is -0.630. The minimum absolute atomic E-state index is 0.0814. The van der Waals surface area contributed by atoms with Gasteiger partial charge >= 0.3 is 0 Å². The second kappa shape index (κ2) is 5.30. The molecule has 14 heavy (non-hydrogen) atoms. The topological polar surface area (TPSA) is 12.9 Å². The average Bonchev–Trinajstić information content (AvgIpc) is 2.21. The maximum atomic E-state index is 12.6. The van der Waals surface area contributed by atoms with Crippen LogP contribution in [0.5, 0.6) is 0 Å². The van der Waals surface area contributed by atoms with E-state index in [0.717, 1.165) is 18.5 Å². The van der Waals surface area contributed by atoms with Gasteiger partial charge in [0.1, 0.15) is 5.82 Å². The molecule has 2 unspecified atom stereocenters. The molecule has 0 saturated carbocycles. The number of aromatic nitrogens is 1. The molecule has 0 aliphatic rings. The smallest absolute Gasteiger partial charge is 0.141 e. The van der Waals surface area contributed by atoms with Gasteiger partial charge in [-0.1, -0.05) is 13.8 Å². The highest BCUT2D eigenvalue weighted by molar-refractivity contribution is 6.21. The lowest BCUT2D eigenvalue weighted by molar-refractivity contribution is 0.577. The van der Waals surface area contributed by atoms with E-state index in [2.05, 4.69) is 11.9 Å². The second-order valence-electron chi connectivity index (χ2n) is 3.34. The van der Waals surface area contributed by atoms with E-state index in [1.165, 1.54) is 12.3 Å². The first-order valence-electron chi connectivity index (χ1n) is 4.94. The van der Waals surface area contributed by atoms with Crippen molar-refractivity contribution >= 4 is 11.6 Å². The molecule has 0 aliphatic carbocycles. The maximum absolute atomic E-state index is 12.6. The van der Waals surface area contributed by atoms with E-state index in [4.69, 9.17) is 11.6 Å². The van der Waals surface area contributed by atoms with Crippen LogP contribution in [-0.2, 0) is 0 Å². The number of nitrogens with zero attached hydrogens (tertiary/aromatic N) is 1. The van der Waals surface area contributed by atoms with Gasteiger partial charge in [0, 0.05) is 17.0 Å². The van der Waals surface area contributed by atoms with Crippen LogP contribution in [0.4, 0.5) is 4.39 Å². The van der Waals surface area contributed by atoms with Crippen LogP contribution in [0.2, 0.25) is 0 Å². The highest BCUT2D eigenvalue weighted by Crippen LogP contribution is 2.27. The lowest BCUT2D eigenvalue weighted by atomic mass is 9.96. The Morgan fingerprint density at radius 3 is 2.50 bits per heavy atom. The van der Waals surface area contributed by atoms with Crippen molar-refractivity contribution in [3.05, 3.63) is 29.8 Å². The van der Waals surface area contributed by atoms with Gasteiger partial charge in [0.05, 0.1) is 6.20 Å². The van der Waals surface area contributed by atoms with Crippen LogP contribution in [0, 0.1) is 5.82 Å². The molecular formula is C11H15ClFN. The highest BCUT2D eigenvalue weighted by Gasteiger charge is 2.18. The minimum atomic E-state index is -0.300. The van der Waals surface area contributed by atoms with Gasteiger partial charge in [0.25, 0.3) is 0 Å².